The number of methoxy groups -OCH3 is 1. The Balaban J connectivity index is 2.44. The summed E-state index contributed by atoms with van der Waals surface area (Å²) in [6.45, 7) is 3.56. The number of hydrogen-bond donors (Lipinski definition) is 1. The number of carbonyl (C=O) groups is 1. The highest BCUT2D eigenvalue weighted by Crippen LogP contribution is 2.41. The van der Waals surface area contributed by atoms with E-state index in [1.807, 2.05) is 12.8 Å². The summed E-state index contributed by atoms with van der Waals surface area (Å²) >= 11 is 3.31. The van der Waals surface area contributed by atoms with Gasteiger partial charge in [0.05, 0.1) is 18.0 Å². The molecular formula is C11H12BrO3. The summed E-state index contributed by atoms with van der Waals surface area (Å²) in [5, 5.41) is 9.81. The van der Waals surface area contributed by atoms with E-state index in [0.29, 0.717) is 0 Å². The van der Waals surface area contributed by atoms with E-state index in [1.165, 1.54) is 7.11 Å². The third kappa shape index (κ3) is 3.31. The summed E-state index contributed by atoms with van der Waals surface area (Å²) in [4.78, 5) is 11.9. The van der Waals surface area contributed by atoms with Crippen LogP contribution in [-0.4, -0.2) is 24.3 Å². The van der Waals surface area contributed by atoms with Gasteiger partial charge in [-0.05, 0) is 19.3 Å². The fourth-order valence-electron chi connectivity index (χ4n) is 1.25. The second-order valence-corrected chi connectivity index (χ2v) is 4.00. The molecule has 1 rings (SSSR count). The highest BCUT2D eigenvalue weighted by molar-refractivity contribution is 9.11. The Morgan fingerprint density at radius 1 is 1.67 bits per heavy atom. The van der Waals surface area contributed by atoms with Gasteiger partial charge in [-0.2, -0.15) is 0 Å². The molecule has 0 aromatic heterocycles. The molecule has 5 radical (unpaired) electrons. The van der Waals surface area contributed by atoms with Crippen LogP contribution in [0.5, 0.6) is 0 Å². The number of ether oxygens (including phenoxy) is 1. The molecule has 0 aliphatic heterocycles. The van der Waals surface area contributed by atoms with Crippen molar-refractivity contribution in [2.24, 2.45) is 0 Å². The standard InChI is InChI=1S/C11H12BrO3/c1-7(11(14)15-2)6-10(13)8-4-3-5-9(8)12/h3-5,10,13H,1,6H2,2H3. The monoisotopic (exact) mass is 271 g/mol. The zero-order chi connectivity index (χ0) is 11.4. The van der Waals surface area contributed by atoms with Gasteiger partial charge in [0.1, 0.15) is 0 Å². The third-order valence-electron chi connectivity index (χ3n) is 2.07. The van der Waals surface area contributed by atoms with Crippen LogP contribution in [0.4, 0.5) is 0 Å². The lowest BCUT2D eigenvalue weighted by molar-refractivity contribution is -0.136. The van der Waals surface area contributed by atoms with Gasteiger partial charge in [0.2, 0.25) is 0 Å². The van der Waals surface area contributed by atoms with Gasteiger partial charge in [0.15, 0.2) is 0 Å². The Morgan fingerprint density at radius 3 is 2.80 bits per heavy atom. The lowest BCUT2D eigenvalue weighted by atomic mass is 9.95. The van der Waals surface area contributed by atoms with Crippen LogP contribution >= 0.6 is 15.9 Å². The predicted octanol–water partition coefficient (Wildman–Crippen LogP) is 1.59. The molecule has 0 aromatic rings. The summed E-state index contributed by atoms with van der Waals surface area (Å²) in [6, 6.07) is 0. The van der Waals surface area contributed by atoms with Crippen molar-refractivity contribution in [1.82, 2.24) is 0 Å². The smallest absolute Gasteiger partial charge is 0.333 e. The molecule has 1 unspecified atom stereocenters. The SMILES string of the molecule is C=C(CC(O)[C]1[CH][CH][CH][C]1Br)C(=O)OC. The van der Waals surface area contributed by atoms with Crippen LogP contribution in [0.1, 0.15) is 6.42 Å². The van der Waals surface area contributed by atoms with E-state index < -0.39 is 12.1 Å². The largest absolute Gasteiger partial charge is 0.466 e. The van der Waals surface area contributed by atoms with Gasteiger partial charge in [-0.3, -0.25) is 0 Å². The first-order valence-corrected chi connectivity index (χ1v) is 5.20. The maximum Gasteiger partial charge on any atom is 0.333 e. The van der Waals surface area contributed by atoms with Crippen LogP contribution in [0.15, 0.2) is 12.2 Å². The molecule has 81 valence electrons. The van der Waals surface area contributed by atoms with Crippen LogP contribution in [0, 0.1) is 30.0 Å². The van der Waals surface area contributed by atoms with E-state index in [2.05, 4.69) is 27.2 Å². The molecule has 1 aliphatic carbocycles. The molecule has 3 nitrogen and oxygen atoms in total. The highest BCUT2D eigenvalue weighted by Gasteiger charge is 2.33. The number of esters is 1. The summed E-state index contributed by atoms with van der Waals surface area (Å²) in [5.41, 5.74) is 0.262. The molecule has 0 amide bonds. The van der Waals surface area contributed by atoms with Crippen LogP contribution in [-0.2, 0) is 9.53 Å². The number of aliphatic hydroxyl groups is 1. The molecule has 0 spiro atoms. The average molecular weight is 272 g/mol. The Labute approximate surface area is 98.6 Å². The molecule has 1 atom stereocenters. The second kappa shape index (κ2) is 5.66. The molecule has 0 heterocycles. The summed E-state index contributed by atoms with van der Waals surface area (Å²) in [6.07, 6.45) is 4.89. The van der Waals surface area contributed by atoms with Gasteiger partial charge in [-0.15, -0.1) is 0 Å². The minimum atomic E-state index is -0.735. The number of hydrogen-bond acceptors (Lipinski definition) is 3. The van der Waals surface area contributed by atoms with Crippen LogP contribution < -0.4 is 0 Å². The zero-order valence-corrected chi connectivity index (χ0v) is 9.95. The first kappa shape index (κ1) is 12.7. The fourth-order valence-corrected chi connectivity index (χ4v) is 1.80. The number of carbonyl (C=O) groups excluding carboxylic acids is 1. The summed E-state index contributed by atoms with van der Waals surface area (Å²) in [7, 11) is 1.29. The minimum Gasteiger partial charge on any atom is -0.466 e. The van der Waals surface area contributed by atoms with Gasteiger partial charge < -0.3 is 9.84 Å². The quantitative estimate of drug-likeness (QED) is 0.624. The molecule has 0 bridgehead atoms. The second-order valence-electron chi connectivity index (χ2n) is 3.14. The molecule has 1 aliphatic rings. The Bertz CT molecular complexity index is 252. The average Bonchev–Trinajstić information content (AvgIpc) is 2.63. The van der Waals surface area contributed by atoms with Gasteiger partial charge in [0, 0.05) is 17.9 Å². The van der Waals surface area contributed by atoms with E-state index >= 15 is 0 Å². The van der Waals surface area contributed by atoms with E-state index in [0.717, 1.165) is 10.7 Å². The number of aliphatic hydroxyl groups excluding tert-OH is 1. The van der Waals surface area contributed by atoms with Crippen molar-refractivity contribution >= 4 is 21.9 Å². The lowest BCUT2D eigenvalue weighted by Crippen LogP contribution is -2.21. The predicted molar refractivity (Wildman–Crippen MR) is 60.1 cm³/mol. The van der Waals surface area contributed by atoms with Crippen molar-refractivity contribution in [2.45, 2.75) is 12.5 Å². The normalized spacial score (nSPS) is 20.2. The summed E-state index contributed by atoms with van der Waals surface area (Å²) in [5.74, 6) is 0.261. The fraction of sp³-hybridized carbons (Fsp3) is 0.273. The zero-order valence-electron chi connectivity index (χ0n) is 8.37. The maximum atomic E-state index is 11.1. The van der Waals surface area contributed by atoms with Crippen molar-refractivity contribution < 1.29 is 14.6 Å². The topological polar surface area (TPSA) is 46.5 Å². The van der Waals surface area contributed by atoms with Crippen LogP contribution in [0.25, 0.3) is 0 Å². The van der Waals surface area contributed by atoms with Crippen molar-refractivity contribution in [3.05, 3.63) is 42.2 Å². The first-order valence-electron chi connectivity index (χ1n) is 4.41. The Hall–Kier alpha value is -0.350. The first-order chi connectivity index (χ1) is 7.06. The Morgan fingerprint density at radius 2 is 2.33 bits per heavy atom. The minimum absolute atomic E-state index is 0.176. The number of rotatable bonds is 4. The summed E-state index contributed by atoms with van der Waals surface area (Å²) < 4.78 is 4.50. The molecule has 0 aromatic carbocycles. The van der Waals surface area contributed by atoms with Crippen LogP contribution in [0.3, 0.4) is 0 Å². The molecule has 1 N–H and O–H groups in total. The molecule has 1 saturated carbocycles. The molecular weight excluding hydrogens is 260 g/mol. The van der Waals surface area contributed by atoms with Gasteiger partial charge >= 0.3 is 5.97 Å². The van der Waals surface area contributed by atoms with Crippen molar-refractivity contribution in [3.63, 3.8) is 0 Å². The lowest BCUT2D eigenvalue weighted by Gasteiger charge is -2.19. The van der Waals surface area contributed by atoms with Crippen molar-refractivity contribution in [3.8, 4) is 0 Å². The van der Waals surface area contributed by atoms with Gasteiger partial charge in [-0.1, -0.05) is 22.5 Å². The maximum absolute atomic E-state index is 11.1. The van der Waals surface area contributed by atoms with Crippen LogP contribution in [0.2, 0.25) is 0 Å². The van der Waals surface area contributed by atoms with E-state index in [-0.39, 0.29) is 12.0 Å². The highest BCUT2D eigenvalue weighted by atomic mass is 79.9. The Kier molecular flexibility index (Phi) is 4.80. The van der Waals surface area contributed by atoms with Gasteiger partial charge in [0.25, 0.3) is 0 Å². The molecule has 0 saturated heterocycles. The van der Waals surface area contributed by atoms with E-state index in [9.17, 15) is 9.90 Å². The molecule has 1 fully saturated rings. The van der Waals surface area contributed by atoms with Crippen molar-refractivity contribution in [2.75, 3.05) is 7.11 Å². The molecule has 4 heteroatoms. The van der Waals surface area contributed by atoms with E-state index in [1.54, 1.807) is 6.42 Å². The number of halogens is 1. The molecule has 15 heavy (non-hydrogen) atoms. The van der Waals surface area contributed by atoms with Gasteiger partial charge in [-0.25, -0.2) is 4.79 Å². The van der Waals surface area contributed by atoms with E-state index in [4.69, 9.17) is 0 Å². The third-order valence-corrected chi connectivity index (χ3v) is 2.79. The van der Waals surface area contributed by atoms with Crippen molar-refractivity contribution in [1.29, 1.82) is 0 Å².